The molecule has 2 rings (SSSR count). The lowest BCUT2D eigenvalue weighted by Gasteiger charge is -2.17. The molecule has 0 saturated heterocycles. The van der Waals surface area contributed by atoms with Gasteiger partial charge >= 0.3 is 5.97 Å². The van der Waals surface area contributed by atoms with E-state index >= 15 is 0 Å². The number of aliphatic carboxylic acids is 1. The van der Waals surface area contributed by atoms with Crippen molar-refractivity contribution in [3.8, 4) is 5.75 Å². The number of carbonyl (C=O) groups is 1. The Morgan fingerprint density at radius 2 is 1.69 bits per heavy atom. The van der Waals surface area contributed by atoms with Gasteiger partial charge in [0.05, 0.1) is 4.90 Å². The number of phenolic OH excluding ortho intramolecular Hbond substituents is 1. The number of aromatic hydroxyl groups is 1. The molecule has 0 bridgehead atoms. The van der Waals surface area contributed by atoms with Gasteiger partial charge in [-0.05, 0) is 54.2 Å². The fraction of sp³-hybridized carbons (Fsp3) is 0.125. The molecule has 2 aromatic rings. The summed E-state index contributed by atoms with van der Waals surface area (Å²) in [5, 5.41) is 29.2. The Bertz CT molecular complexity index is 896. The first kappa shape index (κ1) is 19.6. The van der Waals surface area contributed by atoms with Gasteiger partial charge < -0.3 is 20.8 Å². The van der Waals surface area contributed by atoms with E-state index in [0.717, 1.165) is 0 Å². The first-order chi connectivity index (χ1) is 12.1. The number of nitrogens with two attached hydrogens (primary N) is 1. The summed E-state index contributed by atoms with van der Waals surface area (Å²) in [6.07, 6.45) is 0.155. The number of thiocarbonyl (C=S) groups is 1. The first-order valence-electron chi connectivity index (χ1n) is 7.36. The van der Waals surface area contributed by atoms with Crippen LogP contribution in [0.15, 0.2) is 53.4 Å². The lowest BCUT2D eigenvalue weighted by Crippen LogP contribution is -2.44. The van der Waals surface area contributed by atoms with E-state index in [0.29, 0.717) is 11.3 Å². The Morgan fingerprint density at radius 3 is 2.19 bits per heavy atom. The summed E-state index contributed by atoms with van der Waals surface area (Å²) in [6.45, 7) is 0. The molecule has 1 atom stereocenters. The molecule has 0 aliphatic carbocycles. The minimum absolute atomic E-state index is 0.0438. The Hall–Kier alpha value is -2.69. The molecule has 0 saturated carbocycles. The van der Waals surface area contributed by atoms with Gasteiger partial charge in [-0.2, -0.15) is 0 Å². The maximum Gasteiger partial charge on any atom is 0.326 e. The molecule has 10 heteroatoms. The molecule has 0 amide bonds. The maximum atomic E-state index is 11.4. The summed E-state index contributed by atoms with van der Waals surface area (Å²) in [6, 6.07) is 10.7. The maximum absolute atomic E-state index is 11.4. The van der Waals surface area contributed by atoms with Gasteiger partial charge in [0.1, 0.15) is 11.8 Å². The van der Waals surface area contributed by atoms with Crippen molar-refractivity contribution in [3.63, 3.8) is 0 Å². The monoisotopic (exact) mass is 395 g/mol. The number of phenols is 1. The molecule has 0 aliphatic heterocycles. The van der Waals surface area contributed by atoms with E-state index in [9.17, 15) is 23.4 Å². The lowest BCUT2D eigenvalue weighted by atomic mass is 10.1. The molecule has 0 aliphatic rings. The minimum Gasteiger partial charge on any atom is -0.508 e. The SMILES string of the molecule is NS(=O)(=O)c1ccc(NC(=S)N[C@@H](Cc2ccc(O)cc2)C(=O)O)cc1. The highest BCUT2D eigenvalue weighted by Gasteiger charge is 2.19. The number of carboxylic acids is 1. The average molecular weight is 395 g/mol. The number of nitrogens with one attached hydrogen (secondary N) is 2. The van der Waals surface area contributed by atoms with Crippen LogP contribution in [0.25, 0.3) is 0 Å². The molecule has 0 radical (unpaired) electrons. The van der Waals surface area contributed by atoms with Gasteiger partial charge in [-0.25, -0.2) is 18.4 Å². The molecule has 8 nitrogen and oxygen atoms in total. The fourth-order valence-corrected chi connectivity index (χ4v) is 2.90. The van der Waals surface area contributed by atoms with Crippen molar-refractivity contribution >= 4 is 39.0 Å². The Kier molecular flexibility index (Phi) is 6.14. The molecule has 0 fully saturated rings. The molecular formula is C16H17N3O5S2. The van der Waals surface area contributed by atoms with Gasteiger partial charge in [0.15, 0.2) is 5.11 Å². The number of rotatable bonds is 6. The van der Waals surface area contributed by atoms with Crippen LogP contribution >= 0.6 is 12.2 Å². The predicted octanol–water partition coefficient (Wildman–Crippen LogP) is 1.02. The van der Waals surface area contributed by atoms with E-state index in [1.165, 1.54) is 36.4 Å². The third kappa shape index (κ3) is 5.69. The highest BCUT2D eigenvalue weighted by Crippen LogP contribution is 2.14. The standard InChI is InChI=1S/C16H17N3O5S2/c17-26(23,24)13-7-3-11(4-8-13)18-16(25)19-14(15(21)22)9-10-1-5-12(20)6-2-10/h1-8,14,20H,9H2,(H,21,22)(H2,17,23,24)(H2,18,19,25)/t14-/m0/s1. The highest BCUT2D eigenvalue weighted by molar-refractivity contribution is 7.89. The van der Waals surface area contributed by atoms with Crippen molar-refractivity contribution in [2.75, 3.05) is 5.32 Å². The number of hydrogen-bond donors (Lipinski definition) is 5. The molecule has 0 spiro atoms. The zero-order valence-corrected chi connectivity index (χ0v) is 15.0. The van der Waals surface area contributed by atoms with Crippen molar-refractivity contribution in [3.05, 3.63) is 54.1 Å². The summed E-state index contributed by atoms with van der Waals surface area (Å²) in [5.41, 5.74) is 1.19. The van der Waals surface area contributed by atoms with Crippen molar-refractivity contribution in [2.24, 2.45) is 5.14 Å². The van der Waals surface area contributed by atoms with E-state index in [1.807, 2.05) is 0 Å². The molecule has 0 unspecified atom stereocenters. The van der Waals surface area contributed by atoms with Crippen LogP contribution in [0.2, 0.25) is 0 Å². The number of sulfonamides is 1. The molecule has 138 valence electrons. The Balaban J connectivity index is 2.01. The van der Waals surface area contributed by atoms with Gasteiger partial charge in [-0.1, -0.05) is 12.1 Å². The van der Waals surface area contributed by atoms with Crippen LogP contribution < -0.4 is 15.8 Å². The molecular weight excluding hydrogens is 378 g/mol. The zero-order valence-electron chi connectivity index (χ0n) is 13.4. The van der Waals surface area contributed by atoms with Crippen molar-refractivity contribution in [1.82, 2.24) is 5.32 Å². The molecule has 0 aromatic heterocycles. The number of primary sulfonamides is 1. The fourth-order valence-electron chi connectivity index (χ4n) is 2.12. The molecule has 6 N–H and O–H groups in total. The summed E-state index contributed by atoms with van der Waals surface area (Å²) in [4.78, 5) is 11.4. The van der Waals surface area contributed by atoms with Gasteiger partial charge in [0, 0.05) is 12.1 Å². The van der Waals surface area contributed by atoms with Crippen LogP contribution in [0.4, 0.5) is 5.69 Å². The minimum atomic E-state index is -3.79. The van der Waals surface area contributed by atoms with E-state index in [-0.39, 0.29) is 22.2 Å². The summed E-state index contributed by atoms with van der Waals surface area (Å²) < 4.78 is 22.4. The normalized spacial score (nSPS) is 12.2. The van der Waals surface area contributed by atoms with Crippen LogP contribution in [0.1, 0.15) is 5.56 Å². The van der Waals surface area contributed by atoms with E-state index in [2.05, 4.69) is 10.6 Å². The third-order valence-electron chi connectivity index (χ3n) is 3.42. The van der Waals surface area contributed by atoms with E-state index < -0.39 is 22.0 Å². The van der Waals surface area contributed by atoms with Crippen LogP contribution in [0.3, 0.4) is 0 Å². The quantitative estimate of drug-likeness (QED) is 0.457. The number of carboxylic acid groups (broad SMARTS) is 1. The zero-order chi connectivity index (χ0) is 19.3. The van der Waals surface area contributed by atoms with Gasteiger partial charge in [-0.3, -0.25) is 0 Å². The van der Waals surface area contributed by atoms with Crippen LogP contribution in [-0.2, 0) is 21.2 Å². The molecule has 0 heterocycles. The number of benzene rings is 2. The largest absolute Gasteiger partial charge is 0.508 e. The van der Waals surface area contributed by atoms with Crippen LogP contribution in [0, 0.1) is 0 Å². The smallest absolute Gasteiger partial charge is 0.326 e. The van der Waals surface area contributed by atoms with Crippen molar-refractivity contribution < 1.29 is 23.4 Å². The Labute approximate surface area is 155 Å². The van der Waals surface area contributed by atoms with Crippen molar-refractivity contribution in [2.45, 2.75) is 17.4 Å². The highest BCUT2D eigenvalue weighted by atomic mass is 32.2. The Morgan fingerprint density at radius 1 is 1.12 bits per heavy atom. The van der Waals surface area contributed by atoms with Gasteiger partial charge in [0.2, 0.25) is 10.0 Å². The lowest BCUT2D eigenvalue weighted by molar-refractivity contribution is -0.139. The van der Waals surface area contributed by atoms with Crippen LogP contribution in [0.5, 0.6) is 5.75 Å². The third-order valence-corrected chi connectivity index (χ3v) is 4.57. The number of hydrogen-bond acceptors (Lipinski definition) is 5. The van der Waals surface area contributed by atoms with Crippen LogP contribution in [-0.4, -0.2) is 35.8 Å². The van der Waals surface area contributed by atoms with E-state index in [1.54, 1.807) is 12.1 Å². The second-order valence-corrected chi connectivity index (χ2v) is 7.40. The topological polar surface area (TPSA) is 142 Å². The second kappa shape index (κ2) is 8.13. The van der Waals surface area contributed by atoms with Crippen molar-refractivity contribution in [1.29, 1.82) is 0 Å². The van der Waals surface area contributed by atoms with Gasteiger partial charge in [-0.15, -0.1) is 0 Å². The van der Waals surface area contributed by atoms with E-state index in [4.69, 9.17) is 17.4 Å². The average Bonchev–Trinajstić information content (AvgIpc) is 2.55. The molecule has 26 heavy (non-hydrogen) atoms. The van der Waals surface area contributed by atoms with Gasteiger partial charge in [0.25, 0.3) is 0 Å². The first-order valence-corrected chi connectivity index (χ1v) is 9.32. The predicted molar refractivity (Wildman–Crippen MR) is 100 cm³/mol. The summed E-state index contributed by atoms with van der Waals surface area (Å²) in [5.74, 6) is -1.000. The molecule has 2 aromatic carbocycles. The summed E-state index contributed by atoms with van der Waals surface area (Å²) >= 11 is 5.11. The second-order valence-electron chi connectivity index (χ2n) is 5.43. The summed E-state index contributed by atoms with van der Waals surface area (Å²) in [7, 11) is -3.79. The number of anilines is 1.